The highest BCUT2D eigenvalue weighted by molar-refractivity contribution is 7.92. The second-order valence-electron chi connectivity index (χ2n) is 5.81. The topological polar surface area (TPSA) is 119 Å². The van der Waals surface area contributed by atoms with Crippen LogP contribution in [0.2, 0.25) is 0 Å². The summed E-state index contributed by atoms with van der Waals surface area (Å²) in [6, 6.07) is 10.1. The molecule has 2 N–H and O–H groups in total. The van der Waals surface area contributed by atoms with E-state index in [9.17, 15) is 17.6 Å². The van der Waals surface area contributed by atoms with Gasteiger partial charge in [-0.3, -0.25) is 9.52 Å². The summed E-state index contributed by atoms with van der Waals surface area (Å²) in [6.45, 7) is 3.10. The lowest BCUT2D eigenvalue weighted by molar-refractivity contribution is 0.102. The summed E-state index contributed by atoms with van der Waals surface area (Å²) in [5.74, 6) is -0.873. The minimum absolute atomic E-state index is 0.0697. The van der Waals surface area contributed by atoms with E-state index in [4.69, 9.17) is 0 Å². The fourth-order valence-corrected chi connectivity index (χ4v) is 3.07. The van der Waals surface area contributed by atoms with Gasteiger partial charge in [0, 0.05) is 5.69 Å². The van der Waals surface area contributed by atoms with E-state index in [1.807, 2.05) is 0 Å². The SMILES string of the molecule is CCS(=O)(=O)Nc1ccccc1C(=O)Nc1ccc(F)c(-n2nnnc2C)c1. The van der Waals surface area contributed by atoms with Crippen LogP contribution in [0.5, 0.6) is 0 Å². The third-order valence-corrected chi connectivity index (χ3v) is 5.17. The van der Waals surface area contributed by atoms with E-state index < -0.39 is 21.7 Å². The molecule has 3 aromatic rings. The lowest BCUT2D eigenvalue weighted by Gasteiger charge is -2.13. The van der Waals surface area contributed by atoms with Gasteiger partial charge in [0.05, 0.1) is 17.0 Å². The molecule has 2 aromatic carbocycles. The highest BCUT2D eigenvalue weighted by atomic mass is 32.2. The van der Waals surface area contributed by atoms with Crippen molar-refractivity contribution in [3.05, 3.63) is 59.7 Å². The number of rotatable bonds is 6. The zero-order chi connectivity index (χ0) is 20.3. The van der Waals surface area contributed by atoms with Crippen LogP contribution >= 0.6 is 0 Å². The molecule has 11 heteroatoms. The van der Waals surface area contributed by atoms with Gasteiger partial charge in [-0.15, -0.1) is 5.10 Å². The molecule has 0 fully saturated rings. The third-order valence-electron chi connectivity index (χ3n) is 3.87. The number of hydrogen-bond acceptors (Lipinski definition) is 6. The van der Waals surface area contributed by atoms with Crippen molar-refractivity contribution < 1.29 is 17.6 Å². The molecule has 0 aliphatic carbocycles. The summed E-state index contributed by atoms with van der Waals surface area (Å²) in [5, 5.41) is 13.5. The Hall–Kier alpha value is -3.34. The minimum atomic E-state index is -3.55. The molecular formula is C17H17FN6O3S. The van der Waals surface area contributed by atoms with Gasteiger partial charge in [0.25, 0.3) is 5.91 Å². The van der Waals surface area contributed by atoms with E-state index in [1.54, 1.807) is 19.1 Å². The maximum absolute atomic E-state index is 14.2. The van der Waals surface area contributed by atoms with Gasteiger partial charge in [-0.1, -0.05) is 12.1 Å². The van der Waals surface area contributed by atoms with E-state index in [-0.39, 0.29) is 22.7 Å². The number of halogens is 1. The van der Waals surface area contributed by atoms with Gasteiger partial charge < -0.3 is 5.32 Å². The van der Waals surface area contributed by atoms with Gasteiger partial charge in [0.1, 0.15) is 11.5 Å². The highest BCUT2D eigenvalue weighted by Gasteiger charge is 2.17. The molecule has 1 aromatic heterocycles. The second-order valence-corrected chi connectivity index (χ2v) is 7.82. The van der Waals surface area contributed by atoms with Crippen molar-refractivity contribution in [1.82, 2.24) is 20.2 Å². The van der Waals surface area contributed by atoms with Crippen LogP contribution in [0.3, 0.4) is 0 Å². The summed E-state index contributed by atoms with van der Waals surface area (Å²) in [5.41, 5.74) is 0.647. The summed E-state index contributed by atoms with van der Waals surface area (Å²) >= 11 is 0. The number of nitrogens with one attached hydrogen (secondary N) is 2. The molecule has 0 radical (unpaired) electrons. The first-order chi connectivity index (χ1) is 13.3. The van der Waals surface area contributed by atoms with Crippen molar-refractivity contribution >= 4 is 27.3 Å². The summed E-state index contributed by atoms with van der Waals surface area (Å²) in [4.78, 5) is 12.7. The molecular weight excluding hydrogens is 387 g/mol. The van der Waals surface area contributed by atoms with Gasteiger partial charge >= 0.3 is 0 Å². The van der Waals surface area contributed by atoms with E-state index >= 15 is 0 Å². The third kappa shape index (κ3) is 4.14. The van der Waals surface area contributed by atoms with Crippen LogP contribution in [0.1, 0.15) is 23.1 Å². The number of nitrogens with zero attached hydrogens (tertiary/aromatic N) is 4. The first-order valence-electron chi connectivity index (χ1n) is 8.26. The van der Waals surface area contributed by atoms with Gasteiger partial charge in [0.2, 0.25) is 10.0 Å². The molecule has 0 unspecified atom stereocenters. The first kappa shape index (κ1) is 19.4. The lowest BCUT2D eigenvalue weighted by Crippen LogP contribution is -2.19. The molecule has 0 atom stereocenters. The fraction of sp³-hybridized carbons (Fsp3) is 0.176. The van der Waals surface area contributed by atoms with Crippen LogP contribution in [0.15, 0.2) is 42.5 Å². The Labute approximate surface area is 160 Å². The predicted molar refractivity (Wildman–Crippen MR) is 101 cm³/mol. The van der Waals surface area contributed by atoms with Crippen molar-refractivity contribution in [3.8, 4) is 5.69 Å². The number of carbonyl (C=O) groups excluding carboxylic acids is 1. The van der Waals surface area contributed by atoms with Crippen LogP contribution < -0.4 is 10.0 Å². The monoisotopic (exact) mass is 404 g/mol. The number of hydrogen-bond donors (Lipinski definition) is 2. The molecule has 0 aliphatic heterocycles. The number of tetrazole rings is 1. The lowest BCUT2D eigenvalue weighted by atomic mass is 10.1. The Kier molecular flexibility index (Phi) is 5.36. The Morgan fingerprint density at radius 2 is 1.96 bits per heavy atom. The van der Waals surface area contributed by atoms with Crippen molar-refractivity contribution in [3.63, 3.8) is 0 Å². The van der Waals surface area contributed by atoms with Crippen LogP contribution in [0, 0.1) is 12.7 Å². The van der Waals surface area contributed by atoms with Crippen molar-refractivity contribution in [2.24, 2.45) is 0 Å². The molecule has 0 bridgehead atoms. The fourth-order valence-electron chi connectivity index (χ4n) is 2.42. The molecule has 1 amide bonds. The Bertz CT molecular complexity index is 1130. The number of carbonyl (C=O) groups is 1. The van der Waals surface area contributed by atoms with Gasteiger partial charge in [-0.05, 0) is 54.6 Å². The Morgan fingerprint density at radius 3 is 2.64 bits per heavy atom. The molecule has 0 saturated heterocycles. The van der Waals surface area contributed by atoms with Crippen LogP contribution in [0.4, 0.5) is 15.8 Å². The summed E-state index contributed by atoms with van der Waals surface area (Å²) in [7, 11) is -3.55. The van der Waals surface area contributed by atoms with Gasteiger partial charge in [0.15, 0.2) is 5.82 Å². The predicted octanol–water partition coefficient (Wildman–Crippen LogP) is 2.12. The Balaban J connectivity index is 1.90. The molecule has 1 heterocycles. The standard InChI is InChI=1S/C17H17FN6O3S/c1-3-28(26,27)21-15-7-5-4-6-13(15)17(25)19-12-8-9-14(18)16(10-12)24-11(2)20-22-23-24/h4-10,21H,3H2,1-2H3,(H,19,25). The highest BCUT2D eigenvalue weighted by Crippen LogP contribution is 2.22. The summed E-state index contributed by atoms with van der Waals surface area (Å²) in [6.07, 6.45) is 0. The van der Waals surface area contributed by atoms with E-state index in [0.29, 0.717) is 11.5 Å². The molecule has 0 saturated carbocycles. The number of amides is 1. The number of para-hydroxylation sites is 1. The number of anilines is 2. The van der Waals surface area contributed by atoms with Crippen molar-refractivity contribution in [2.75, 3.05) is 15.8 Å². The van der Waals surface area contributed by atoms with Gasteiger partial charge in [-0.25, -0.2) is 12.8 Å². The first-order valence-corrected chi connectivity index (χ1v) is 9.91. The maximum Gasteiger partial charge on any atom is 0.257 e. The van der Waals surface area contributed by atoms with Crippen molar-refractivity contribution in [1.29, 1.82) is 0 Å². The average molecular weight is 404 g/mol. The second kappa shape index (κ2) is 7.72. The number of aryl methyl sites for hydroxylation is 1. The Morgan fingerprint density at radius 1 is 1.21 bits per heavy atom. The largest absolute Gasteiger partial charge is 0.322 e. The zero-order valence-electron chi connectivity index (χ0n) is 15.0. The smallest absolute Gasteiger partial charge is 0.257 e. The summed E-state index contributed by atoms with van der Waals surface area (Å²) < 4.78 is 41.4. The van der Waals surface area contributed by atoms with E-state index in [0.717, 1.165) is 0 Å². The molecule has 9 nitrogen and oxygen atoms in total. The number of benzene rings is 2. The minimum Gasteiger partial charge on any atom is -0.322 e. The normalized spacial score (nSPS) is 11.2. The van der Waals surface area contributed by atoms with Crippen LogP contribution in [0.25, 0.3) is 5.69 Å². The molecule has 146 valence electrons. The zero-order valence-corrected chi connectivity index (χ0v) is 15.9. The van der Waals surface area contributed by atoms with Crippen molar-refractivity contribution in [2.45, 2.75) is 13.8 Å². The van der Waals surface area contributed by atoms with E-state index in [2.05, 4.69) is 25.6 Å². The van der Waals surface area contributed by atoms with E-state index in [1.165, 1.54) is 41.9 Å². The maximum atomic E-state index is 14.2. The molecule has 3 rings (SSSR count). The molecule has 0 spiro atoms. The quantitative estimate of drug-likeness (QED) is 0.650. The average Bonchev–Trinajstić information content (AvgIpc) is 3.09. The van der Waals surface area contributed by atoms with Gasteiger partial charge in [-0.2, -0.15) is 4.68 Å². The van der Waals surface area contributed by atoms with Crippen LogP contribution in [-0.2, 0) is 10.0 Å². The molecule has 28 heavy (non-hydrogen) atoms. The van der Waals surface area contributed by atoms with Crippen LogP contribution in [-0.4, -0.2) is 40.3 Å². The number of sulfonamides is 1. The number of aromatic nitrogens is 4. The molecule has 0 aliphatic rings.